The van der Waals surface area contributed by atoms with E-state index in [1.54, 1.807) is 42.6 Å². The third kappa shape index (κ3) is 2.80. The zero-order valence-corrected chi connectivity index (χ0v) is 15.1. The molecule has 1 unspecified atom stereocenters. The number of carbonyl (C=O) groups excluding carboxylic acids is 1. The van der Waals surface area contributed by atoms with E-state index in [0.717, 1.165) is 5.39 Å². The van der Waals surface area contributed by atoms with Crippen LogP contribution in [0.4, 0.5) is 11.5 Å². The van der Waals surface area contributed by atoms with Gasteiger partial charge in [0.15, 0.2) is 5.58 Å². The number of amides is 1. The lowest BCUT2D eigenvalue weighted by Gasteiger charge is -2.10. The Bertz CT molecular complexity index is 1400. The maximum Gasteiger partial charge on any atom is 0.424 e. The van der Waals surface area contributed by atoms with Gasteiger partial charge in [0, 0.05) is 17.3 Å². The molecule has 0 saturated heterocycles. The fourth-order valence-electron chi connectivity index (χ4n) is 3.52. The first-order chi connectivity index (χ1) is 14.0. The Hall–Kier alpha value is -4.12. The minimum absolute atomic E-state index is 0.218. The molecule has 29 heavy (non-hydrogen) atoms. The summed E-state index contributed by atoms with van der Waals surface area (Å²) in [5.74, 6) is -0.871. The van der Waals surface area contributed by atoms with E-state index >= 15 is 0 Å². The molecule has 2 aromatic carbocycles. The van der Waals surface area contributed by atoms with Crippen LogP contribution >= 0.6 is 0 Å². The maximum atomic E-state index is 12.4. The highest BCUT2D eigenvalue weighted by atomic mass is 16.4. The highest BCUT2D eigenvalue weighted by molar-refractivity contribution is 5.99. The predicted molar refractivity (Wildman–Crippen MR) is 107 cm³/mol. The van der Waals surface area contributed by atoms with Crippen molar-refractivity contribution in [2.75, 3.05) is 11.1 Å². The number of benzene rings is 2. The predicted octanol–water partition coefficient (Wildman–Crippen LogP) is 2.81. The first kappa shape index (κ1) is 17.0. The van der Waals surface area contributed by atoms with Gasteiger partial charge < -0.3 is 15.5 Å². The number of nitrogens with zero attached hydrogens (tertiary/aromatic N) is 3. The molecule has 0 aliphatic heterocycles. The molecule has 2 aromatic heterocycles. The summed E-state index contributed by atoms with van der Waals surface area (Å²) in [5, 5.41) is 13.1. The van der Waals surface area contributed by atoms with Crippen molar-refractivity contribution in [3.8, 4) is 11.8 Å². The fourth-order valence-corrected chi connectivity index (χ4v) is 3.52. The average molecular weight is 385 g/mol. The van der Waals surface area contributed by atoms with Gasteiger partial charge in [-0.15, -0.1) is 0 Å². The molecule has 4 aromatic rings. The summed E-state index contributed by atoms with van der Waals surface area (Å²) in [4.78, 5) is 28.9. The Kier molecular flexibility index (Phi) is 3.64. The SMILES string of the molecule is N#CC1C[C@@H]1C(=O)Nc1cc2cc(-n3c(=O)oc4ccccc43)cc(N)c2cn1. The normalized spacial score (nSPS) is 17.9. The number of pyridine rings is 1. The minimum atomic E-state index is -0.510. The van der Waals surface area contributed by atoms with E-state index in [0.29, 0.717) is 40.1 Å². The van der Waals surface area contributed by atoms with Gasteiger partial charge in [0.05, 0.1) is 29.1 Å². The number of aromatic nitrogens is 2. The lowest BCUT2D eigenvalue weighted by atomic mass is 10.1. The minimum Gasteiger partial charge on any atom is -0.407 e. The summed E-state index contributed by atoms with van der Waals surface area (Å²) in [6.45, 7) is 0. The molecule has 1 saturated carbocycles. The van der Waals surface area contributed by atoms with Gasteiger partial charge >= 0.3 is 5.76 Å². The molecule has 2 heterocycles. The fraction of sp³-hybridized carbons (Fsp3) is 0.143. The summed E-state index contributed by atoms with van der Waals surface area (Å²) < 4.78 is 6.76. The van der Waals surface area contributed by atoms with Crippen molar-refractivity contribution in [2.45, 2.75) is 6.42 Å². The molecular weight excluding hydrogens is 370 g/mol. The molecule has 5 rings (SSSR count). The molecule has 0 radical (unpaired) electrons. The molecule has 8 nitrogen and oxygen atoms in total. The number of fused-ring (bicyclic) bond motifs is 2. The molecule has 1 amide bonds. The summed E-state index contributed by atoms with van der Waals surface area (Å²) >= 11 is 0. The second-order valence-corrected chi connectivity index (χ2v) is 7.06. The number of nitriles is 1. The Morgan fingerprint density at radius 2 is 2.14 bits per heavy atom. The molecule has 142 valence electrons. The van der Waals surface area contributed by atoms with Crippen molar-refractivity contribution in [3.63, 3.8) is 0 Å². The van der Waals surface area contributed by atoms with Crippen LogP contribution in [0, 0.1) is 23.2 Å². The van der Waals surface area contributed by atoms with Crippen LogP contribution in [-0.2, 0) is 4.79 Å². The third-order valence-electron chi connectivity index (χ3n) is 5.14. The number of nitrogens with one attached hydrogen (secondary N) is 1. The standard InChI is InChI=1S/C21H15N5O3/c22-9-12-6-14(12)20(27)25-19-7-11-5-13(8-16(23)15(11)10-24-19)26-17-3-1-2-4-18(17)29-21(26)28/h1-5,7-8,10,12,14H,6,23H2,(H,24,25,27)/t12?,14-/m0/s1. The van der Waals surface area contributed by atoms with Crippen molar-refractivity contribution < 1.29 is 9.21 Å². The summed E-state index contributed by atoms with van der Waals surface area (Å²) in [6.07, 6.45) is 2.15. The Balaban J connectivity index is 1.58. The van der Waals surface area contributed by atoms with E-state index in [4.69, 9.17) is 15.4 Å². The number of hydrogen-bond acceptors (Lipinski definition) is 6. The Labute approximate surface area is 164 Å². The molecule has 0 spiro atoms. The van der Waals surface area contributed by atoms with Crippen LogP contribution in [-0.4, -0.2) is 15.5 Å². The van der Waals surface area contributed by atoms with E-state index < -0.39 is 5.76 Å². The first-order valence-electron chi connectivity index (χ1n) is 9.06. The van der Waals surface area contributed by atoms with E-state index in [9.17, 15) is 9.59 Å². The van der Waals surface area contributed by atoms with Crippen molar-refractivity contribution in [1.29, 1.82) is 5.26 Å². The number of hydrogen-bond donors (Lipinski definition) is 2. The molecule has 3 N–H and O–H groups in total. The Morgan fingerprint density at radius 3 is 2.93 bits per heavy atom. The quantitative estimate of drug-likeness (QED) is 0.522. The van der Waals surface area contributed by atoms with E-state index in [2.05, 4.69) is 16.4 Å². The largest absolute Gasteiger partial charge is 0.424 e. The zero-order chi connectivity index (χ0) is 20.1. The topological polar surface area (TPSA) is 127 Å². The summed E-state index contributed by atoms with van der Waals surface area (Å²) in [6, 6.07) is 14.4. The van der Waals surface area contributed by atoms with Gasteiger partial charge in [-0.1, -0.05) is 12.1 Å². The molecule has 0 bridgehead atoms. The average Bonchev–Trinajstić information content (AvgIpc) is 3.42. The molecule has 2 atom stereocenters. The van der Waals surface area contributed by atoms with Crippen molar-refractivity contribution in [2.24, 2.45) is 11.8 Å². The van der Waals surface area contributed by atoms with Crippen molar-refractivity contribution in [1.82, 2.24) is 9.55 Å². The van der Waals surface area contributed by atoms with Crippen LogP contribution in [0.5, 0.6) is 0 Å². The maximum absolute atomic E-state index is 12.4. The molecule has 1 aliphatic rings. The number of para-hydroxylation sites is 2. The number of nitrogen functional groups attached to an aromatic ring is 1. The summed E-state index contributed by atoms with van der Waals surface area (Å²) in [5.41, 5.74) is 8.32. The van der Waals surface area contributed by atoms with Crippen LogP contribution in [0.1, 0.15) is 6.42 Å². The molecular formula is C21H15N5O3. The third-order valence-corrected chi connectivity index (χ3v) is 5.14. The van der Waals surface area contributed by atoms with Crippen LogP contribution in [0.3, 0.4) is 0 Å². The van der Waals surface area contributed by atoms with Crippen LogP contribution < -0.4 is 16.8 Å². The van der Waals surface area contributed by atoms with Gasteiger partial charge in [-0.2, -0.15) is 5.26 Å². The molecule has 8 heteroatoms. The number of nitrogens with two attached hydrogens (primary N) is 1. The summed E-state index contributed by atoms with van der Waals surface area (Å²) in [7, 11) is 0. The van der Waals surface area contributed by atoms with Gasteiger partial charge in [0.25, 0.3) is 0 Å². The monoisotopic (exact) mass is 385 g/mol. The number of rotatable bonds is 3. The van der Waals surface area contributed by atoms with E-state index in [-0.39, 0.29) is 17.7 Å². The number of carbonyl (C=O) groups is 1. The van der Waals surface area contributed by atoms with Crippen LogP contribution in [0.2, 0.25) is 0 Å². The number of oxazole rings is 1. The van der Waals surface area contributed by atoms with Crippen molar-refractivity contribution in [3.05, 3.63) is 59.2 Å². The second-order valence-electron chi connectivity index (χ2n) is 7.06. The van der Waals surface area contributed by atoms with Crippen molar-refractivity contribution >= 4 is 39.3 Å². The lowest BCUT2D eigenvalue weighted by molar-refractivity contribution is -0.117. The van der Waals surface area contributed by atoms with Gasteiger partial charge in [-0.05, 0) is 42.1 Å². The second kappa shape index (κ2) is 6.21. The van der Waals surface area contributed by atoms with Crippen LogP contribution in [0.15, 0.2) is 57.9 Å². The highest BCUT2D eigenvalue weighted by Gasteiger charge is 2.43. The van der Waals surface area contributed by atoms with Crippen LogP contribution in [0.25, 0.3) is 27.6 Å². The van der Waals surface area contributed by atoms with Gasteiger partial charge in [-0.3, -0.25) is 4.79 Å². The zero-order valence-electron chi connectivity index (χ0n) is 15.1. The lowest BCUT2D eigenvalue weighted by Crippen LogP contribution is -2.15. The van der Waals surface area contributed by atoms with Gasteiger partial charge in [-0.25, -0.2) is 14.3 Å². The number of anilines is 2. The highest BCUT2D eigenvalue weighted by Crippen LogP contribution is 2.38. The van der Waals surface area contributed by atoms with E-state index in [1.165, 1.54) is 4.57 Å². The first-order valence-corrected chi connectivity index (χ1v) is 9.06. The molecule has 1 aliphatic carbocycles. The smallest absolute Gasteiger partial charge is 0.407 e. The van der Waals surface area contributed by atoms with E-state index in [1.807, 2.05) is 6.07 Å². The van der Waals surface area contributed by atoms with Gasteiger partial charge in [0.2, 0.25) is 5.91 Å². The Morgan fingerprint density at radius 1 is 1.31 bits per heavy atom. The van der Waals surface area contributed by atoms with Gasteiger partial charge in [0.1, 0.15) is 5.82 Å². The molecule has 1 fully saturated rings.